The fourth-order valence-electron chi connectivity index (χ4n) is 1.34. The second-order valence-corrected chi connectivity index (χ2v) is 6.28. The van der Waals surface area contributed by atoms with Gasteiger partial charge in [0.25, 0.3) is 0 Å². The highest BCUT2D eigenvalue weighted by atomic mass is 32.2. The van der Waals surface area contributed by atoms with Gasteiger partial charge in [-0.15, -0.1) is 0 Å². The largest absolute Gasteiger partial charge is 0.480 e. The molecule has 0 aromatic carbocycles. The molecule has 0 spiro atoms. The summed E-state index contributed by atoms with van der Waals surface area (Å²) in [6.45, 7) is 0.583. The van der Waals surface area contributed by atoms with Crippen LogP contribution in [0.15, 0.2) is 0 Å². The number of carboxylic acid groups (broad SMARTS) is 1. The van der Waals surface area contributed by atoms with Gasteiger partial charge >= 0.3 is 12.1 Å². The van der Waals surface area contributed by atoms with Crippen LogP contribution in [-0.2, 0) is 19.4 Å². The quantitative estimate of drug-likeness (QED) is 0.710. The van der Waals surface area contributed by atoms with Gasteiger partial charge in [0, 0.05) is 0 Å². The van der Waals surface area contributed by atoms with E-state index in [2.05, 4.69) is 4.74 Å². The third kappa shape index (κ3) is 6.20. The number of aliphatic carboxylic acids is 1. The average Bonchev–Trinajstić information content (AvgIpc) is 2.08. The third-order valence-electron chi connectivity index (χ3n) is 2.01. The van der Waals surface area contributed by atoms with Crippen molar-refractivity contribution < 1.29 is 36.2 Å². The van der Waals surface area contributed by atoms with E-state index in [4.69, 9.17) is 5.11 Å². The molecule has 1 atom stereocenters. The van der Waals surface area contributed by atoms with Gasteiger partial charge in [0.05, 0.1) is 12.4 Å². The van der Waals surface area contributed by atoms with Crippen LogP contribution in [0.1, 0.15) is 13.8 Å². The third-order valence-corrected chi connectivity index (χ3v) is 4.27. The maximum Gasteiger partial charge on any atom is 0.411 e. The fourth-order valence-corrected chi connectivity index (χ4v) is 3.08. The second-order valence-electron chi connectivity index (χ2n) is 4.04. The average molecular weight is 292 g/mol. The Kier molecular flexibility index (Phi) is 6.08. The Morgan fingerprint density at radius 2 is 1.83 bits per heavy atom. The molecule has 0 fully saturated rings. The van der Waals surface area contributed by atoms with Crippen molar-refractivity contribution in [1.29, 1.82) is 0 Å². The summed E-state index contributed by atoms with van der Waals surface area (Å²) < 4.78 is 62.5. The highest BCUT2D eigenvalue weighted by Gasteiger charge is 2.35. The van der Waals surface area contributed by atoms with Crippen molar-refractivity contribution >= 4 is 15.8 Å². The summed E-state index contributed by atoms with van der Waals surface area (Å²) in [6.07, 6.45) is -4.53. The Bertz CT molecular complexity index is 374. The van der Waals surface area contributed by atoms with E-state index in [1.807, 2.05) is 0 Å². The molecule has 0 aliphatic heterocycles. The first-order valence-corrected chi connectivity index (χ1v) is 6.78. The van der Waals surface area contributed by atoms with Crippen molar-refractivity contribution in [3.63, 3.8) is 0 Å². The van der Waals surface area contributed by atoms with Crippen molar-refractivity contribution in [3.8, 4) is 0 Å². The Labute approximate surface area is 103 Å². The summed E-state index contributed by atoms with van der Waals surface area (Å²) >= 11 is 0. The lowest BCUT2D eigenvalue weighted by Gasteiger charge is -2.17. The Morgan fingerprint density at radius 1 is 1.33 bits per heavy atom. The zero-order valence-corrected chi connectivity index (χ0v) is 10.7. The summed E-state index contributed by atoms with van der Waals surface area (Å²) in [5.41, 5.74) is 0. The summed E-state index contributed by atoms with van der Waals surface area (Å²) in [5.74, 6) is -2.94. The van der Waals surface area contributed by atoms with Gasteiger partial charge in [-0.25, -0.2) is 8.42 Å². The molecule has 0 radical (unpaired) electrons. The van der Waals surface area contributed by atoms with E-state index >= 15 is 0 Å². The predicted octanol–water partition coefficient (Wildman–Crippen LogP) is 1.09. The highest BCUT2D eigenvalue weighted by Crippen LogP contribution is 2.16. The summed E-state index contributed by atoms with van der Waals surface area (Å²) in [4.78, 5) is 10.8. The fraction of sp³-hybridized carbons (Fsp3) is 0.889. The Hall–Kier alpha value is -0.830. The number of carboxylic acids is 1. The molecule has 0 saturated carbocycles. The molecule has 1 N–H and O–H groups in total. The van der Waals surface area contributed by atoms with Gasteiger partial charge in [0.2, 0.25) is 0 Å². The van der Waals surface area contributed by atoms with E-state index in [1.165, 1.54) is 13.8 Å². The van der Waals surface area contributed by atoms with E-state index < -0.39 is 52.1 Å². The predicted molar refractivity (Wildman–Crippen MR) is 56.9 cm³/mol. The summed E-state index contributed by atoms with van der Waals surface area (Å²) in [6, 6.07) is 0. The molecule has 0 aliphatic carbocycles. The monoisotopic (exact) mass is 292 g/mol. The molecule has 0 aromatic rings. The standard InChI is InChI=1S/C9H15F3O5S/c1-6(2)7(8(13)14)18(15,16)4-3-17-5-9(10,11)12/h6-7H,3-5H2,1-2H3,(H,13,14). The normalized spacial score (nSPS) is 14.8. The molecule has 0 bridgehead atoms. The van der Waals surface area contributed by atoms with Crippen LogP contribution in [0.25, 0.3) is 0 Å². The van der Waals surface area contributed by atoms with E-state index in [-0.39, 0.29) is 0 Å². The molecule has 9 heteroatoms. The molecule has 0 aromatic heterocycles. The van der Waals surface area contributed by atoms with Gasteiger partial charge in [-0.2, -0.15) is 13.2 Å². The molecule has 18 heavy (non-hydrogen) atoms. The Balaban J connectivity index is 4.43. The van der Waals surface area contributed by atoms with Crippen molar-refractivity contribution in [3.05, 3.63) is 0 Å². The molecular formula is C9H15F3O5S. The summed E-state index contributed by atoms with van der Waals surface area (Å²) in [5, 5.41) is 7.13. The molecule has 0 rings (SSSR count). The van der Waals surface area contributed by atoms with Crippen LogP contribution in [0.4, 0.5) is 13.2 Å². The lowest BCUT2D eigenvalue weighted by molar-refractivity contribution is -0.172. The second kappa shape index (κ2) is 6.37. The summed E-state index contributed by atoms with van der Waals surface area (Å²) in [7, 11) is -4.03. The molecule has 0 saturated heterocycles. The lowest BCUT2D eigenvalue weighted by Crippen LogP contribution is -2.37. The topological polar surface area (TPSA) is 80.7 Å². The number of hydrogen-bond donors (Lipinski definition) is 1. The highest BCUT2D eigenvalue weighted by molar-refractivity contribution is 7.92. The molecule has 0 heterocycles. The lowest BCUT2D eigenvalue weighted by atomic mass is 10.1. The minimum Gasteiger partial charge on any atom is -0.480 e. The SMILES string of the molecule is CC(C)C(C(=O)O)S(=O)(=O)CCOCC(F)(F)F. The van der Waals surface area contributed by atoms with Crippen molar-refractivity contribution in [2.45, 2.75) is 25.3 Å². The number of sulfone groups is 1. The number of carbonyl (C=O) groups is 1. The van der Waals surface area contributed by atoms with Gasteiger partial charge in [-0.05, 0) is 5.92 Å². The van der Waals surface area contributed by atoms with Crippen LogP contribution in [-0.4, -0.2) is 49.9 Å². The van der Waals surface area contributed by atoms with Crippen LogP contribution in [0.3, 0.4) is 0 Å². The smallest absolute Gasteiger partial charge is 0.411 e. The molecule has 0 amide bonds. The maximum absolute atomic E-state index is 11.7. The number of halogens is 3. The maximum atomic E-state index is 11.7. The van der Waals surface area contributed by atoms with Crippen LogP contribution in [0, 0.1) is 5.92 Å². The van der Waals surface area contributed by atoms with Gasteiger partial charge in [-0.1, -0.05) is 13.8 Å². The van der Waals surface area contributed by atoms with E-state index in [0.717, 1.165) is 0 Å². The van der Waals surface area contributed by atoms with Gasteiger partial charge < -0.3 is 9.84 Å². The molecule has 0 aliphatic rings. The van der Waals surface area contributed by atoms with Crippen LogP contribution in [0.5, 0.6) is 0 Å². The molecule has 5 nitrogen and oxygen atoms in total. The minimum atomic E-state index is -4.53. The number of hydrogen-bond acceptors (Lipinski definition) is 4. The number of rotatable bonds is 7. The van der Waals surface area contributed by atoms with Crippen LogP contribution >= 0.6 is 0 Å². The van der Waals surface area contributed by atoms with Crippen LogP contribution in [0.2, 0.25) is 0 Å². The first kappa shape index (κ1) is 17.2. The first-order chi connectivity index (χ1) is 7.97. The zero-order valence-electron chi connectivity index (χ0n) is 9.90. The van der Waals surface area contributed by atoms with Crippen LogP contribution < -0.4 is 0 Å². The minimum absolute atomic E-state index is 0.671. The Morgan fingerprint density at radius 3 is 2.17 bits per heavy atom. The van der Waals surface area contributed by atoms with Crippen molar-refractivity contribution in [1.82, 2.24) is 0 Å². The van der Waals surface area contributed by atoms with Gasteiger partial charge in [-0.3, -0.25) is 4.79 Å². The van der Waals surface area contributed by atoms with Crippen molar-refractivity contribution in [2.75, 3.05) is 19.0 Å². The van der Waals surface area contributed by atoms with E-state index in [9.17, 15) is 26.4 Å². The zero-order chi connectivity index (χ0) is 14.6. The molecule has 1 unspecified atom stereocenters. The number of ether oxygens (including phenoxy) is 1. The van der Waals surface area contributed by atoms with Gasteiger partial charge in [0.15, 0.2) is 15.1 Å². The van der Waals surface area contributed by atoms with Gasteiger partial charge in [0.1, 0.15) is 6.61 Å². The van der Waals surface area contributed by atoms with E-state index in [1.54, 1.807) is 0 Å². The van der Waals surface area contributed by atoms with E-state index in [0.29, 0.717) is 0 Å². The van der Waals surface area contributed by atoms with Crippen molar-refractivity contribution in [2.24, 2.45) is 5.92 Å². The molecule has 108 valence electrons. The first-order valence-electron chi connectivity index (χ1n) is 5.06. The number of alkyl halides is 3. The molecular weight excluding hydrogens is 277 g/mol.